The van der Waals surface area contributed by atoms with Gasteiger partial charge < -0.3 is 5.32 Å². The van der Waals surface area contributed by atoms with Gasteiger partial charge in [-0.15, -0.1) is 0 Å². The van der Waals surface area contributed by atoms with E-state index in [1.54, 1.807) is 11.9 Å². The Labute approximate surface area is 72.9 Å². The molecular weight excluding hydrogens is 162 g/mol. The highest BCUT2D eigenvalue weighted by molar-refractivity contribution is 4.77. The SMILES string of the molecule is CC.CN1CCNCC(F)(F)C1. The summed E-state index contributed by atoms with van der Waals surface area (Å²) < 4.78 is 25.2. The van der Waals surface area contributed by atoms with Crippen LogP contribution in [0.5, 0.6) is 0 Å². The molecule has 1 aliphatic heterocycles. The molecule has 0 amide bonds. The van der Waals surface area contributed by atoms with Gasteiger partial charge in [-0.1, -0.05) is 13.8 Å². The number of likely N-dealkylation sites (N-methyl/N-ethyl adjacent to an activating group) is 1. The first-order valence-electron chi connectivity index (χ1n) is 4.37. The molecule has 0 aromatic heterocycles. The van der Waals surface area contributed by atoms with Crippen molar-refractivity contribution in [1.82, 2.24) is 10.2 Å². The lowest BCUT2D eigenvalue weighted by Gasteiger charge is -2.18. The van der Waals surface area contributed by atoms with E-state index in [1.165, 1.54) is 0 Å². The first kappa shape index (κ1) is 11.8. The van der Waals surface area contributed by atoms with Crippen LogP contribution in [0, 0.1) is 0 Å². The van der Waals surface area contributed by atoms with E-state index in [1.807, 2.05) is 13.8 Å². The van der Waals surface area contributed by atoms with E-state index in [9.17, 15) is 8.78 Å². The normalized spacial score (nSPS) is 23.8. The van der Waals surface area contributed by atoms with Crippen LogP contribution in [0.4, 0.5) is 8.78 Å². The molecule has 12 heavy (non-hydrogen) atoms. The number of alkyl halides is 2. The van der Waals surface area contributed by atoms with Gasteiger partial charge in [0.15, 0.2) is 0 Å². The van der Waals surface area contributed by atoms with Gasteiger partial charge >= 0.3 is 0 Å². The Morgan fingerprint density at radius 2 is 1.92 bits per heavy atom. The first-order valence-corrected chi connectivity index (χ1v) is 4.37. The Hall–Kier alpha value is -0.220. The molecule has 0 atom stereocenters. The number of nitrogens with zero attached hydrogens (tertiary/aromatic N) is 1. The summed E-state index contributed by atoms with van der Waals surface area (Å²) in [5, 5.41) is 2.68. The molecule has 0 aromatic rings. The second-order valence-electron chi connectivity index (χ2n) is 2.77. The van der Waals surface area contributed by atoms with E-state index in [4.69, 9.17) is 0 Å². The fourth-order valence-corrected chi connectivity index (χ4v) is 1.07. The number of hydrogen-bond donors (Lipinski definition) is 1. The first-order chi connectivity index (χ1) is 5.60. The van der Waals surface area contributed by atoms with Crippen molar-refractivity contribution < 1.29 is 8.78 Å². The van der Waals surface area contributed by atoms with E-state index in [2.05, 4.69) is 5.32 Å². The maximum absolute atomic E-state index is 12.6. The second-order valence-corrected chi connectivity index (χ2v) is 2.77. The quantitative estimate of drug-likeness (QED) is 0.602. The average Bonchev–Trinajstić information content (AvgIpc) is 2.14. The number of rotatable bonds is 0. The largest absolute Gasteiger partial charge is 0.310 e. The van der Waals surface area contributed by atoms with Crippen LogP contribution in [-0.2, 0) is 0 Å². The summed E-state index contributed by atoms with van der Waals surface area (Å²) in [5.74, 6) is -2.55. The van der Waals surface area contributed by atoms with Crippen LogP contribution in [0.2, 0.25) is 0 Å². The fraction of sp³-hybridized carbons (Fsp3) is 1.00. The Bertz CT molecular complexity index is 118. The van der Waals surface area contributed by atoms with Crippen molar-refractivity contribution in [3.05, 3.63) is 0 Å². The van der Waals surface area contributed by atoms with Crippen LogP contribution < -0.4 is 5.32 Å². The van der Waals surface area contributed by atoms with Crippen LogP contribution in [0.15, 0.2) is 0 Å². The third-order valence-electron chi connectivity index (χ3n) is 1.56. The molecule has 0 saturated carbocycles. The zero-order valence-corrected chi connectivity index (χ0v) is 8.03. The molecule has 1 saturated heterocycles. The minimum Gasteiger partial charge on any atom is -0.310 e. The van der Waals surface area contributed by atoms with Gasteiger partial charge in [0.05, 0.1) is 13.1 Å². The number of nitrogens with one attached hydrogen (secondary N) is 1. The zero-order valence-electron chi connectivity index (χ0n) is 8.03. The molecule has 74 valence electrons. The van der Waals surface area contributed by atoms with Gasteiger partial charge in [0.25, 0.3) is 5.92 Å². The van der Waals surface area contributed by atoms with E-state index in [-0.39, 0.29) is 13.1 Å². The maximum Gasteiger partial charge on any atom is 0.272 e. The van der Waals surface area contributed by atoms with Gasteiger partial charge in [-0.25, -0.2) is 8.78 Å². The van der Waals surface area contributed by atoms with Crippen molar-refractivity contribution in [1.29, 1.82) is 0 Å². The summed E-state index contributed by atoms with van der Waals surface area (Å²) >= 11 is 0. The minimum absolute atomic E-state index is 0.125. The van der Waals surface area contributed by atoms with Crippen molar-refractivity contribution >= 4 is 0 Å². The predicted molar refractivity (Wildman–Crippen MR) is 46.7 cm³/mol. The molecule has 1 N–H and O–H groups in total. The van der Waals surface area contributed by atoms with E-state index in [0.717, 1.165) is 0 Å². The summed E-state index contributed by atoms with van der Waals surface area (Å²) in [4.78, 5) is 1.64. The molecule has 0 radical (unpaired) electrons. The fourth-order valence-electron chi connectivity index (χ4n) is 1.07. The molecule has 0 aliphatic carbocycles. The molecule has 1 heterocycles. The summed E-state index contributed by atoms with van der Waals surface area (Å²) in [6, 6.07) is 0. The average molecular weight is 180 g/mol. The number of hydrogen-bond acceptors (Lipinski definition) is 2. The molecule has 0 spiro atoms. The molecule has 1 fully saturated rings. The van der Waals surface area contributed by atoms with Crippen LogP contribution in [0.25, 0.3) is 0 Å². The van der Waals surface area contributed by atoms with Crippen LogP contribution in [-0.4, -0.2) is 44.0 Å². The molecule has 0 aromatic carbocycles. The minimum atomic E-state index is -2.55. The molecule has 1 rings (SSSR count). The van der Waals surface area contributed by atoms with Gasteiger partial charge in [0.2, 0.25) is 0 Å². The second kappa shape index (κ2) is 5.43. The van der Waals surface area contributed by atoms with Crippen molar-refractivity contribution in [3.63, 3.8) is 0 Å². The molecular formula is C8H18F2N2. The highest BCUT2D eigenvalue weighted by atomic mass is 19.3. The Morgan fingerprint density at radius 1 is 1.33 bits per heavy atom. The molecule has 0 bridgehead atoms. The third kappa shape index (κ3) is 4.62. The van der Waals surface area contributed by atoms with E-state index >= 15 is 0 Å². The van der Waals surface area contributed by atoms with Crippen LogP contribution in [0.1, 0.15) is 13.8 Å². The Morgan fingerprint density at radius 3 is 2.50 bits per heavy atom. The van der Waals surface area contributed by atoms with Crippen molar-refractivity contribution in [2.45, 2.75) is 19.8 Å². The Kier molecular flexibility index (Phi) is 5.33. The van der Waals surface area contributed by atoms with Gasteiger partial charge in [-0.05, 0) is 7.05 Å². The lowest BCUT2D eigenvalue weighted by molar-refractivity contribution is -0.0131. The highest BCUT2D eigenvalue weighted by Crippen LogP contribution is 2.14. The zero-order chi connectivity index (χ0) is 9.61. The standard InChI is InChI=1S/C6H12F2N2.C2H6/c1-10-3-2-9-4-6(7,8)5-10;1-2/h9H,2-5H2,1H3;1-2H3. The summed E-state index contributed by atoms with van der Waals surface area (Å²) in [6.07, 6.45) is 0. The maximum atomic E-state index is 12.6. The molecule has 1 aliphatic rings. The molecule has 0 unspecified atom stereocenters. The monoisotopic (exact) mass is 180 g/mol. The summed E-state index contributed by atoms with van der Waals surface area (Å²) in [5.41, 5.74) is 0. The smallest absolute Gasteiger partial charge is 0.272 e. The van der Waals surface area contributed by atoms with Crippen LogP contribution >= 0.6 is 0 Å². The van der Waals surface area contributed by atoms with E-state index in [0.29, 0.717) is 13.1 Å². The van der Waals surface area contributed by atoms with Gasteiger partial charge in [-0.2, -0.15) is 0 Å². The summed E-state index contributed by atoms with van der Waals surface area (Å²) in [6.45, 7) is 5.05. The van der Waals surface area contributed by atoms with Crippen molar-refractivity contribution in [3.8, 4) is 0 Å². The molecule has 4 heteroatoms. The Balaban J connectivity index is 0.000000561. The summed E-state index contributed by atoms with van der Waals surface area (Å²) in [7, 11) is 1.71. The van der Waals surface area contributed by atoms with Gasteiger partial charge in [0, 0.05) is 13.1 Å². The van der Waals surface area contributed by atoms with E-state index < -0.39 is 5.92 Å². The topological polar surface area (TPSA) is 15.3 Å². The van der Waals surface area contributed by atoms with Crippen molar-refractivity contribution in [2.24, 2.45) is 0 Å². The number of halogens is 2. The molecule has 2 nitrogen and oxygen atoms in total. The lowest BCUT2D eigenvalue weighted by Crippen LogP contribution is -2.36. The highest BCUT2D eigenvalue weighted by Gasteiger charge is 2.31. The van der Waals surface area contributed by atoms with Gasteiger partial charge in [-0.3, -0.25) is 4.90 Å². The van der Waals surface area contributed by atoms with Crippen molar-refractivity contribution in [2.75, 3.05) is 33.2 Å². The lowest BCUT2D eigenvalue weighted by atomic mass is 10.3. The van der Waals surface area contributed by atoms with Crippen LogP contribution in [0.3, 0.4) is 0 Å². The third-order valence-corrected chi connectivity index (χ3v) is 1.56. The van der Waals surface area contributed by atoms with Gasteiger partial charge in [0.1, 0.15) is 0 Å². The predicted octanol–water partition coefficient (Wildman–Crippen LogP) is 1.18.